The van der Waals surface area contributed by atoms with Crippen molar-refractivity contribution in [2.75, 3.05) is 11.9 Å². The van der Waals surface area contributed by atoms with Crippen molar-refractivity contribution in [1.82, 2.24) is 9.97 Å². The van der Waals surface area contributed by atoms with Gasteiger partial charge in [0.2, 0.25) is 0 Å². The first-order valence-corrected chi connectivity index (χ1v) is 8.98. The summed E-state index contributed by atoms with van der Waals surface area (Å²) in [4.78, 5) is 9.45. The third kappa shape index (κ3) is 3.53. The normalized spacial score (nSPS) is 10.8. The van der Waals surface area contributed by atoms with E-state index in [-0.39, 0.29) is 0 Å². The summed E-state index contributed by atoms with van der Waals surface area (Å²) in [5.74, 6) is 1.47. The molecule has 4 rings (SSSR count). The number of halogens is 1. The van der Waals surface area contributed by atoms with Gasteiger partial charge in [-0.15, -0.1) is 0 Å². The van der Waals surface area contributed by atoms with Gasteiger partial charge in [0.05, 0.1) is 10.5 Å². The standard InChI is InChI=1S/C22H18ClN3/c23-19-12-6-4-10-17(19)22-25-20-13-7-5-11-18(20)21(26-22)24-15-14-16-8-2-1-3-9-16/h1-13H,14-15H2,(H,24,25,26). The van der Waals surface area contributed by atoms with Gasteiger partial charge in [0, 0.05) is 17.5 Å². The van der Waals surface area contributed by atoms with Gasteiger partial charge in [-0.05, 0) is 36.2 Å². The second kappa shape index (κ2) is 7.54. The van der Waals surface area contributed by atoms with E-state index >= 15 is 0 Å². The highest BCUT2D eigenvalue weighted by Gasteiger charge is 2.11. The van der Waals surface area contributed by atoms with Crippen LogP contribution in [-0.2, 0) is 6.42 Å². The van der Waals surface area contributed by atoms with Crippen molar-refractivity contribution in [2.24, 2.45) is 0 Å². The first-order valence-electron chi connectivity index (χ1n) is 8.61. The van der Waals surface area contributed by atoms with Crippen molar-refractivity contribution >= 4 is 28.3 Å². The van der Waals surface area contributed by atoms with Crippen LogP contribution in [0.3, 0.4) is 0 Å². The Bertz CT molecular complexity index is 1030. The minimum atomic E-state index is 0.636. The first-order chi connectivity index (χ1) is 12.8. The predicted molar refractivity (Wildman–Crippen MR) is 109 cm³/mol. The Kier molecular flexibility index (Phi) is 4.80. The van der Waals surface area contributed by atoms with Crippen molar-refractivity contribution in [2.45, 2.75) is 6.42 Å². The SMILES string of the molecule is Clc1ccccc1-c1nc(NCCc2ccccc2)c2ccccc2n1. The summed E-state index contributed by atoms with van der Waals surface area (Å²) in [6.07, 6.45) is 0.931. The van der Waals surface area contributed by atoms with Crippen LogP contribution in [-0.4, -0.2) is 16.5 Å². The topological polar surface area (TPSA) is 37.8 Å². The molecule has 0 bridgehead atoms. The number of hydrogen-bond acceptors (Lipinski definition) is 3. The summed E-state index contributed by atoms with van der Waals surface area (Å²) < 4.78 is 0. The maximum absolute atomic E-state index is 6.35. The third-order valence-electron chi connectivity index (χ3n) is 4.27. The lowest BCUT2D eigenvalue weighted by molar-refractivity contribution is 1.01. The van der Waals surface area contributed by atoms with Gasteiger partial charge in [-0.2, -0.15) is 0 Å². The van der Waals surface area contributed by atoms with Gasteiger partial charge in [-0.25, -0.2) is 9.97 Å². The molecule has 26 heavy (non-hydrogen) atoms. The summed E-state index contributed by atoms with van der Waals surface area (Å²) in [5, 5.41) is 5.13. The van der Waals surface area contributed by atoms with Gasteiger partial charge >= 0.3 is 0 Å². The van der Waals surface area contributed by atoms with E-state index in [9.17, 15) is 0 Å². The van der Waals surface area contributed by atoms with E-state index in [0.717, 1.165) is 35.2 Å². The molecule has 1 heterocycles. The Morgan fingerprint density at radius 3 is 2.35 bits per heavy atom. The Hall–Kier alpha value is -2.91. The number of benzene rings is 3. The number of fused-ring (bicyclic) bond motifs is 1. The Morgan fingerprint density at radius 2 is 1.50 bits per heavy atom. The van der Waals surface area contributed by atoms with Crippen LogP contribution in [0.25, 0.3) is 22.3 Å². The van der Waals surface area contributed by atoms with E-state index in [4.69, 9.17) is 21.6 Å². The molecule has 3 aromatic carbocycles. The first kappa shape index (κ1) is 16.6. The van der Waals surface area contributed by atoms with Gasteiger partial charge in [0.25, 0.3) is 0 Å². The molecule has 0 amide bonds. The van der Waals surface area contributed by atoms with Crippen LogP contribution in [0.2, 0.25) is 5.02 Å². The minimum Gasteiger partial charge on any atom is -0.369 e. The van der Waals surface area contributed by atoms with E-state index in [1.807, 2.05) is 54.6 Å². The molecule has 4 aromatic rings. The molecule has 4 heteroatoms. The highest BCUT2D eigenvalue weighted by atomic mass is 35.5. The number of nitrogens with zero attached hydrogens (tertiary/aromatic N) is 2. The predicted octanol–water partition coefficient (Wildman–Crippen LogP) is 5.60. The quantitative estimate of drug-likeness (QED) is 0.503. The van der Waals surface area contributed by atoms with Crippen molar-refractivity contribution in [3.05, 3.63) is 89.4 Å². The maximum Gasteiger partial charge on any atom is 0.163 e. The van der Waals surface area contributed by atoms with E-state index in [0.29, 0.717) is 10.8 Å². The largest absolute Gasteiger partial charge is 0.369 e. The second-order valence-electron chi connectivity index (χ2n) is 6.06. The summed E-state index contributed by atoms with van der Waals surface area (Å²) in [5.41, 5.74) is 3.04. The van der Waals surface area contributed by atoms with Crippen LogP contribution in [0.1, 0.15) is 5.56 Å². The average molecular weight is 360 g/mol. The summed E-state index contributed by atoms with van der Waals surface area (Å²) >= 11 is 6.35. The van der Waals surface area contributed by atoms with Gasteiger partial charge < -0.3 is 5.32 Å². The van der Waals surface area contributed by atoms with Crippen LogP contribution in [0.4, 0.5) is 5.82 Å². The zero-order valence-electron chi connectivity index (χ0n) is 14.2. The lowest BCUT2D eigenvalue weighted by atomic mass is 10.1. The monoisotopic (exact) mass is 359 g/mol. The molecule has 0 aliphatic heterocycles. The number of para-hydroxylation sites is 1. The maximum atomic E-state index is 6.35. The van der Waals surface area contributed by atoms with Crippen molar-refractivity contribution < 1.29 is 0 Å². The smallest absolute Gasteiger partial charge is 0.163 e. The van der Waals surface area contributed by atoms with Crippen LogP contribution in [0, 0.1) is 0 Å². The molecule has 128 valence electrons. The molecule has 1 aromatic heterocycles. The highest BCUT2D eigenvalue weighted by molar-refractivity contribution is 6.33. The fourth-order valence-electron chi connectivity index (χ4n) is 2.94. The molecular weight excluding hydrogens is 342 g/mol. The Labute approximate surface area is 157 Å². The van der Waals surface area contributed by atoms with E-state index in [2.05, 4.69) is 29.6 Å². The lowest BCUT2D eigenvalue weighted by Gasteiger charge is -2.11. The molecule has 0 saturated carbocycles. The Balaban J connectivity index is 1.67. The van der Waals surface area contributed by atoms with E-state index in [1.165, 1.54) is 5.56 Å². The summed E-state index contributed by atoms with van der Waals surface area (Å²) in [6, 6.07) is 26.1. The van der Waals surface area contributed by atoms with E-state index in [1.54, 1.807) is 0 Å². The molecule has 0 spiro atoms. The summed E-state index contributed by atoms with van der Waals surface area (Å²) in [6.45, 7) is 0.799. The van der Waals surface area contributed by atoms with Crippen molar-refractivity contribution in [3.63, 3.8) is 0 Å². The third-order valence-corrected chi connectivity index (χ3v) is 4.60. The molecule has 0 aliphatic carbocycles. The minimum absolute atomic E-state index is 0.636. The number of nitrogens with one attached hydrogen (secondary N) is 1. The lowest BCUT2D eigenvalue weighted by Crippen LogP contribution is -2.08. The Morgan fingerprint density at radius 1 is 0.769 bits per heavy atom. The molecule has 3 nitrogen and oxygen atoms in total. The molecule has 1 N–H and O–H groups in total. The number of hydrogen-bond donors (Lipinski definition) is 1. The van der Waals surface area contributed by atoms with Crippen LogP contribution in [0.15, 0.2) is 78.9 Å². The molecule has 0 aliphatic rings. The van der Waals surface area contributed by atoms with Gasteiger partial charge in [-0.3, -0.25) is 0 Å². The molecule has 0 fully saturated rings. The van der Waals surface area contributed by atoms with Gasteiger partial charge in [-0.1, -0.05) is 66.2 Å². The molecule has 0 saturated heterocycles. The van der Waals surface area contributed by atoms with Crippen LogP contribution in [0.5, 0.6) is 0 Å². The number of aromatic nitrogens is 2. The number of anilines is 1. The van der Waals surface area contributed by atoms with Gasteiger partial charge in [0.15, 0.2) is 5.82 Å². The second-order valence-corrected chi connectivity index (χ2v) is 6.46. The molecule has 0 radical (unpaired) electrons. The molecule has 0 atom stereocenters. The molecule has 0 unspecified atom stereocenters. The zero-order valence-corrected chi connectivity index (χ0v) is 14.9. The fourth-order valence-corrected chi connectivity index (χ4v) is 3.16. The van der Waals surface area contributed by atoms with Crippen LogP contribution >= 0.6 is 11.6 Å². The number of rotatable bonds is 5. The fraction of sp³-hybridized carbons (Fsp3) is 0.0909. The molecular formula is C22H18ClN3. The van der Waals surface area contributed by atoms with E-state index < -0.39 is 0 Å². The average Bonchev–Trinajstić information content (AvgIpc) is 2.69. The summed E-state index contributed by atoms with van der Waals surface area (Å²) in [7, 11) is 0. The zero-order chi connectivity index (χ0) is 17.8. The van der Waals surface area contributed by atoms with Crippen molar-refractivity contribution in [1.29, 1.82) is 0 Å². The van der Waals surface area contributed by atoms with Crippen LogP contribution < -0.4 is 5.32 Å². The van der Waals surface area contributed by atoms with Crippen molar-refractivity contribution in [3.8, 4) is 11.4 Å². The van der Waals surface area contributed by atoms with Gasteiger partial charge in [0.1, 0.15) is 5.82 Å². The highest BCUT2D eigenvalue weighted by Crippen LogP contribution is 2.29.